The van der Waals surface area contributed by atoms with Crippen LogP contribution in [0.1, 0.15) is 45.1 Å². The fraction of sp³-hybridized carbons (Fsp3) is 0.682. The molecule has 0 saturated carbocycles. The Kier molecular flexibility index (Phi) is 8.30. The summed E-state index contributed by atoms with van der Waals surface area (Å²) in [6.07, 6.45) is 6.13. The number of hydrogen-bond donors (Lipinski definition) is 3. The van der Waals surface area contributed by atoms with Crippen LogP contribution >= 0.6 is 0 Å². The predicted octanol–water partition coefficient (Wildman–Crippen LogP) is 1.32. The van der Waals surface area contributed by atoms with E-state index in [0.717, 1.165) is 56.4 Å². The molecule has 0 radical (unpaired) electrons. The highest BCUT2D eigenvalue weighted by Crippen LogP contribution is 2.25. The number of amides is 1. The number of aromatic nitrogens is 1. The van der Waals surface area contributed by atoms with Gasteiger partial charge in [-0.2, -0.15) is 0 Å². The van der Waals surface area contributed by atoms with E-state index in [9.17, 15) is 4.79 Å². The Bertz CT molecular complexity index is 723. The average Bonchev–Trinajstić information content (AvgIpc) is 3.23. The van der Waals surface area contributed by atoms with Crippen LogP contribution in [0.15, 0.2) is 23.3 Å². The van der Waals surface area contributed by atoms with E-state index in [4.69, 9.17) is 10.7 Å². The van der Waals surface area contributed by atoms with E-state index >= 15 is 0 Å². The molecule has 1 aromatic heterocycles. The lowest BCUT2D eigenvalue weighted by Crippen LogP contribution is -2.44. The van der Waals surface area contributed by atoms with Crippen LogP contribution in [0.25, 0.3) is 0 Å². The number of guanidine groups is 1. The third-order valence-electron chi connectivity index (χ3n) is 6.15. The maximum absolute atomic E-state index is 11.7. The van der Waals surface area contributed by atoms with Crippen molar-refractivity contribution in [2.75, 3.05) is 44.2 Å². The van der Waals surface area contributed by atoms with Gasteiger partial charge in [0.15, 0.2) is 5.96 Å². The van der Waals surface area contributed by atoms with Gasteiger partial charge >= 0.3 is 0 Å². The Hall–Kier alpha value is -2.35. The van der Waals surface area contributed by atoms with E-state index in [0.29, 0.717) is 19.1 Å². The molecule has 8 nitrogen and oxygen atoms in total. The Labute approximate surface area is 180 Å². The van der Waals surface area contributed by atoms with Crippen molar-refractivity contribution in [1.29, 1.82) is 0 Å². The lowest BCUT2D eigenvalue weighted by molar-refractivity contribution is -0.122. The van der Waals surface area contributed by atoms with Crippen molar-refractivity contribution in [3.63, 3.8) is 0 Å². The number of hydrogen-bond acceptors (Lipinski definition) is 5. The third-order valence-corrected chi connectivity index (χ3v) is 6.15. The van der Waals surface area contributed by atoms with E-state index in [1.54, 1.807) is 6.20 Å². The monoisotopic (exact) mass is 415 g/mol. The highest BCUT2D eigenvalue weighted by atomic mass is 16.1. The molecule has 2 saturated heterocycles. The maximum atomic E-state index is 11.7. The smallest absolute Gasteiger partial charge is 0.222 e. The van der Waals surface area contributed by atoms with Crippen LogP contribution in [0.4, 0.5) is 5.82 Å². The fourth-order valence-corrected chi connectivity index (χ4v) is 4.50. The first kappa shape index (κ1) is 22.3. The molecule has 2 aliphatic heterocycles. The maximum Gasteiger partial charge on any atom is 0.222 e. The number of primary amides is 1. The standard InChI is InChI=1S/C22H37N7O/c1-3-24-22(27-15-19-10-7-12-28(19)4-2)26-14-17-8-5-11-25-21(17)29-13-6-9-18(16-29)20(23)30/h5,8,11,18-19H,3-4,6-7,9-10,12-16H2,1-2H3,(H2,23,30)(H2,24,26,27). The van der Waals surface area contributed by atoms with Crippen molar-refractivity contribution in [1.82, 2.24) is 20.5 Å². The van der Waals surface area contributed by atoms with Gasteiger partial charge in [-0.1, -0.05) is 13.0 Å². The molecule has 0 spiro atoms. The number of pyridine rings is 1. The van der Waals surface area contributed by atoms with Crippen molar-refractivity contribution in [3.8, 4) is 0 Å². The first-order valence-corrected chi connectivity index (χ1v) is 11.4. The Morgan fingerprint density at radius 1 is 1.27 bits per heavy atom. The number of anilines is 1. The molecule has 3 rings (SSSR count). The highest BCUT2D eigenvalue weighted by molar-refractivity contribution is 5.80. The van der Waals surface area contributed by atoms with Crippen molar-refractivity contribution in [3.05, 3.63) is 23.9 Å². The van der Waals surface area contributed by atoms with Gasteiger partial charge in [0.05, 0.1) is 12.5 Å². The third kappa shape index (κ3) is 5.84. The summed E-state index contributed by atoms with van der Waals surface area (Å²) in [5.74, 6) is 1.42. The fourth-order valence-electron chi connectivity index (χ4n) is 4.50. The number of nitrogens with one attached hydrogen (secondary N) is 2. The molecule has 1 amide bonds. The largest absolute Gasteiger partial charge is 0.369 e. The van der Waals surface area contributed by atoms with Crippen LogP contribution in [0.5, 0.6) is 0 Å². The molecule has 2 unspecified atom stereocenters. The zero-order valence-corrected chi connectivity index (χ0v) is 18.4. The molecule has 2 atom stereocenters. The summed E-state index contributed by atoms with van der Waals surface area (Å²) in [5.41, 5.74) is 6.62. The molecule has 166 valence electrons. The predicted molar refractivity (Wildman–Crippen MR) is 121 cm³/mol. The number of nitrogens with zero attached hydrogens (tertiary/aromatic N) is 4. The number of aliphatic imine (C=N–C) groups is 1. The zero-order valence-electron chi connectivity index (χ0n) is 18.4. The summed E-state index contributed by atoms with van der Waals surface area (Å²) in [4.78, 5) is 25.8. The van der Waals surface area contributed by atoms with Crippen LogP contribution in [-0.4, -0.2) is 67.1 Å². The summed E-state index contributed by atoms with van der Waals surface area (Å²) >= 11 is 0. The first-order valence-electron chi connectivity index (χ1n) is 11.4. The number of likely N-dealkylation sites (tertiary alicyclic amines) is 1. The molecule has 2 fully saturated rings. The quantitative estimate of drug-likeness (QED) is 0.438. The van der Waals surface area contributed by atoms with E-state index < -0.39 is 0 Å². The number of carbonyl (C=O) groups is 1. The van der Waals surface area contributed by atoms with Gasteiger partial charge in [0.2, 0.25) is 5.91 Å². The number of piperidine rings is 1. The molecule has 2 aliphatic rings. The van der Waals surface area contributed by atoms with Crippen molar-refractivity contribution < 1.29 is 4.79 Å². The summed E-state index contributed by atoms with van der Waals surface area (Å²) in [6.45, 7) is 10.4. The van der Waals surface area contributed by atoms with Gasteiger partial charge in [-0.3, -0.25) is 9.69 Å². The normalized spacial score (nSPS) is 22.9. The minimum absolute atomic E-state index is 0.107. The summed E-state index contributed by atoms with van der Waals surface area (Å²) in [7, 11) is 0. The van der Waals surface area contributed by atoms with Gasteiger partial charge in [0.1, 0.15) is 5.82 Å². The van der Waals surface area contributed by atoms with Gasteiger partial charge in [-0.25, -0.2) is 9.98 Å². The second kappa shape index (κ2) is 11.2. The summed E-state index contributed by atoms with van der Waals surface area (Å²) in [5, 5.41) is 6.88. The molecule has 0 bridgehead atoms. The van der Waals surface area contributed by atoms with E-state index in [1.165, 1.54) is 19.4 Å². The van der Waals surface area contributed by atoms with Crippen molar-refractivity contribution >= 4 is 17.7 Å². The number of rotatable bonds is 8. The van der Waals surface area contributed by atoms with E-state index in [2.05, 4.69) is 45.3 Å². The minimum Gasteiger partial charge on any atom is -0.369 e. The average molecular weight is 416 g/mol. The van der Waals surface area contributed by atoms with Crippen LogP contribution in [0.2, 0.25) is 0 Å². The molecule has 1 aromatic rings. The van der Waals surface area contributed by atoms with Gasteiger partial charge in [0.25, 0.3) is 0 Å². The lowest BCUT2D eigenvalue weighted by atomic mass is 9.97. The Balaban J connectivity index is 1.66. The van der Waals surface area contributed by atoms with E-state index in [1.807, 2.05) is 6.07 Å². The molecule has 30 heavy (non-hydrogen) atoms. The summed E-state index contributed by atoms with van der Waals surface area (Å²) < 4.78 is 0. The molecular weight excluding hydrogens is 378 g/mol. The minimum atomic E-state index is -0.220. The second-order valence-corrected chi connectivity index (χ2v) is 8.17. The molecule has 3 heterocycles. The van der Waals surface area contributed by atoms with Crippen LogP contribution in [0.3, 0.4) is 0 Å². The summed E-state index contributed by atoms with van der Waals surface area (Å²) in [6, 6.07) is 4.59. The number of likely N-dealkylation sites (N-methyl/N-ethyl adjacent to an activating group) is 1. The SMILES string of the molecule is CCNC(=NCc1cccnc1N1CCCC(C(N)=O)C1)NCC1CCCN1CC. The van der Waals surface area contributed by atoms with Crippen molar-refractivity contribution in [2.24, 2.45) is 16.6 Å². The van der Waals surface area contributed by atoms with Gasteiger partial charge in [-0.15, -0.1) is 0 Å². The Morgan fingerprint density at radius 3 is 2.87 bits per heavy atom. The number of nitrogens with two attached hydrogens (primary N) is 1. The zero-order chi connectivity index (χ0) is 21.3. The lowest BCUT2D eigenvalue weighted by Gasteiger charge is -2.33. The van der Waals surface area contributed by atoms with E-state index in [-0.39, 0.29) is 11.8 Å². The number of carbonyl (C=O) groups excluding carboxylic acids is 1. The molecule has 0 aliphatic carbocycles. The van der Waals surface area contributed by atoms with Gasteiger partial charge < -0.3 is 21.3 Å². The highest BCUT2D eigenvalue weighted by Gasteiger charge is 2.26. The van der Waals surface area contributed by atoms with Crippen molar-refractivity contribution in [2.45, 2.75) is 52.1 Å². The molecule has 4 N–H and O–H groups in total. The Morgan fingerprint density at radius 2 is 2.10 bits per heavy atom. The first-order chi connectivity index (χ1) is 14.6. The van der Waals surface area contributed by atoms with Crippen LogP contribution in [-0.2, 0) is 11.3 Å². The topological polar surface area (TPSA) is 98.9 Å². The molecule has 8 heteroatoms. The van der Waals surface area contributed by atoms with Gasteiger partial charge in [-0.05, 0) is 51.8 Å². The second-order valence-electron chi connectivity index (χ2n) is 8.17. The van der Waals surface area contributed by atoms with Crippen LogP contribution in [0, 0.1) is 5.92 Å². The van der Waals surface area contributed by atoms with Gasteiger partial charge in [0, 0.05) is 44.0 Å². The molecular formula is C22H37N7O. The van der Waals surface area contributed by atoms with Crippen LogP contribution < -0.4 is 21.3 Å². The molecule has 0 aromatic carbocycles.